The van der Waals surface area contributed by atoms with Crippen LogP contribution in [-0.2, 0) is 14.2 Å². The highest BCUT2D eigenvalue weighted by atomic mass is 16.8. The van der Waals surface area contributed by atoms with Crippen LogP contribution in [0.15, 0.2) is 12.2 Å². The van der Waals surface area contributed by atoms with Crippen molar-refractivity contribution >= 4 is 0 Å². The van der Waals surface area contributed by atoms with Crippen molar-refractivity contribution in [3.05, 3.63) is 12.2 Å². The fraction of sp³-hybridized carbons (Fsp3) is 0.833. The maximum Gasteiger partial charge on any atom is 0.195 e. The summed E-state index contributed by atoms with van der Waals surface area (Å²) in [6.45, 7) is 6.12. The summed E-state index contributed by atoms with van der Waals surface area (Å²) in [6, 6.07) is 0. The van der Waals surface area contributed by atoms with Crippen molar-refractivity contribution in [3.63, 3.8) is 0 Å². The standard InChI is InChI=1S/C12H18O3/c1-9-7-10-3-2-4-12(11(10)13-8-9)14-5-6-15-12/h10-11H,1-8H2/t10-,11-/m1/s1. The smallest absolute Gasteiger partial charge is 0.195 e. The van der Waals surface area contributed by atoms with Gasteiger partial charge in [0.1, 0.15) is 6.10 Å². The minimum atomic E-state index is -0.413. The molecule has 2 atom stereocenters. The van der Waals surface area contributed by atoms with E-state index in [0.29, 0.717) is 25.7 Å². The van der Waals surface area contributed by atoms with Gasteiger partial charge in [0.05, 0.1) is 19.8 Å². The third-order valence-electron chi connectivity index (χ3n) is 3.76. The second-order valence-electron chi connectivity index (χ2n) is 4.85. The van der Waals surface area contributed by atoms with Crippen LogP contribution in [0.2, 0.25) is 0 Å². The van der Waals surface area contributed by atoms with E-state index in [1.165, 1.54) is 18.4 Å². The zero-order valence-electron chi connectivity index (χ0n) is 9.04. The van der Waals surface area contributed by atoms with Gasteiger partial charge in [0.2, 0.25) is 0 Å². The maximum atomic E-state index is 5.88. The van der Waals surface area contributed by atoms with E-state index >= 15 is 0 Å². The predicted octanol–water partition coefficient (Wildman–Crippen LogP) is 1.87. The number of fused-ring (bicyclic) bond motifs is 2. The summed E-state index contributed by atoms with van der Waals surface area (Å²) in [5, 5.41) is 0. The van der Waals surface area contributed by atoms with E-state index in [-0.39, 0.29) is 6.10 Å². The van der Waals surface area contributed by atoms with Crippen molar-refractivity contribution in [2.45, 2.75) is 37.6 Å². The lowest BCUT2D eigenvalue weighted by Gasteiger charge is -2.46. The van der Waals surface area contributed by atoms with Gasteiger partial charge >= 0.3 is 0 Å². The number of ether oxygens (including phenoxy) is 3. The van der Waals surface area contributed by atoms with E-state index in [1.807, 2.05) is 0 Å². The van der Waals surface area contributed by atoms with E-state index in [9.17, 15) is 0 Å². The summed E-state index contributed by atoms with van der Waals surface area (Å²) in [6.07, 6.45) is 4.61. The Morgan fingerprint density at radius 3 is 2.87 bits per heavy atom. The van der Waals surface area contributed by atoms with E-state index in [2.05, 4.69) is 6.58 Å². The first-order chi connectivity index (χ1) is 7.30. The Kier molecular flexibility index (Phi) is 2.34. The van der Waals surface area contributed by atoms with Gasteiger partial charge in [-0.05, 0) is 25.2 Å². The number of rotatable bonds is 0. The quantitative estimate of drug-likeness (QED) is 0.571. The molecule has 0 N–H and O–H groups in total. The van der Waals surface area contributed by atoms with Crippen LogP contribution in [0.3, 0.4) is 0 Å². The fourth-order valence-electron chi connectivity index (χ4n) is 3.15. The topological polar surface area (TPSA) is 27.7 Å². The van der Waals surface area contributed by atoms with Gasteiger partial charge in [-0.1, -0.05) is 12.2 Å². The summed E-state index contributed by atoms with van der Waals surface area (Å²) in [5.74, 6) is 0.141. The first kappa shape index (κ1) is 9.82. The molecule has 3 fully saturated rings. The predicted molar refractivity (Wildman–Crippen MR) is 55.5 cm³/mol. The molecule has 84 valence electrons. The van der Waals surface area contributed by atoms with Crippen molar-refractivity contribution in [1.29, 1.82) is 0 Å². The van der Waals surface area contributed by atoms with Crippen LogP contribution >= 0.6 is 0 Å². The molecule has 2 saturated heterocycles. The first-order valence-electron chi connectivity index (χ1n) is 5.86. The lowest BCUT2D eigenvalue weighted by Crippen LogP contribution is -2.53. The minimum absolute atomic E-state index is 0.138. The van der Waals surface area contributed by atoms with Crippen LogP contribution in [0.25, 0.3) is 0 Å². The highest BCUT2D eigenvalue weighted by Crippen LogP contribution is 2.44. The molecule has 3 heteroatoms. The zero-order chi connectivity index (χ0) is 10.3. The molecular formula is C12H18O3. The summed E-state index contributed by atoms with van der Waals surface area (Å²) in [5.41, 5.74) is 1.21. The van der Waals surface area contributed by atoms with Crippen molar-refractivity contribution in [3.8, 4) is 0 Å². The third kappa shape index (κ3) is 1.53. The first-order valence-corrected chi connectivity index (χ1v) is 5.86. The Labute approximate surface area is 90.4 Å². The number of hydrogen-bond donors (Lipinski definition) is 0. The molecule has 0 aromatic carbocycles. The molecule has 3 nitrogen and oxygen atoms in total. The Morgan fingerprint density at radius 1 is 1.27 bits per heavy atom. The highest BCUT2D eigenvalue weighted by molar-refractivity contribution is 5.06. The SMILES string of the molecule is C=C1CO[C@@H]2[C@H](CCCC23OCCO3)C1. The van der Waals surface area contributed by atoms with Gasteiger partial charge in [0.25, 0.3) is 0 Å². The Balaban J connectivity index is 1.82. The summed E-state index contributed by atoms with van der Waals surface area (Å²) >= 11 is 0. The minimum Gasteiger partial charge on any atom is -0.368 e. The average molecular weight is 210 g/mol. The Bertz CT molecular complexity index is 268. The molecule has 2 heterocycles. The van der Waals surface area contributed by atoms with Gasteiger partial charge in [-0.2, -0.15) is 0 Å². The van der Waals surface area contributed by atoms with Crippen LogP contribution in [-0.4, -0.2) is 31.7 Å². The van der Waals surface area contributed by atoms with Gasteiger partial charge < -0.3 is 14.2 Å². The van der Waals surface area contributed by atoms with E-state index in [0.717, 1.165) is 12.8 Å². The lowest BCUT2D eigenvalue weighted by molar-refractivity contribution is -0.267. The lowest BCUT2D eigenvalue weighted by atomic mass is 9.77. The fourth-order valence-corrected chi connectivity index (χ4v) is 3.15. The van der Waals surface area contributed by atoms with Crippen molar-refractivity contribution in [2.75, 3.05) is 19.8 Å². The van der Waals surface area contributed by atoms with E-state index < -0.39 is 5.79 Å². The van der Waals surface area contributed by atoms with Gasteiger partial charge in [0.15, 0.2) is 5.79 Å². The van der Waals surface area contributed by atoms with Gasteiger partial charge in [0, 0.05) is 6.42 Å². The largest absolute Gasteiger partial charge is 0.368 e. The third-order valence-corrected chi connectivity index (χ3v) is 3.76. The van der Waals surface area contributed by atoms with Gasteiger partial charge in [-0.25, -0.2) is 0 Å². The molecule has 1 saturated carbocycles. The van der Waals surface area contributed by atoms with Crippen LogP contribution in [0.4, 0.5) is 0 Å². The van der Waals surface area contributed by atoms with Gasteiger partial charge in [-0.15, -0.1) is 0 Å². The van der Waals surface area contributed by atoms with E-state index in [4.69, 9.17) is 14.2 Å². The van der Waals surface area contributed by atoms with Crippen LogP contribution in [0.5, 0.6) is 0 Å². The monoisotopic (exact) mass is 210 g/mol. The normalized spacial score (nSPS) is 39.3. The average Bonchev–Trinajstić information content (AvgIpc) is 2.67. The number of hydrogen-bond acceptors (Lipinski definition) is 3. The molecular weight excluding hydrogens is 192 g/mol. The summed E-state index contributed by atoms with van der Waals surface area (Å²) < 4.78 is 17.5. The maximum absolute atomic E-state index is 5.88. The van der Waals surface area contributed by atoms with Crippen molar-refractivity contribution < 1.29 is 14.2 Å². The van der Waals surface area contributed by atoms with Crippen molar-refractivity contribution in [2.24, 2.45) is 5.92 Å². The molecule has 0 bridgehead atoms. The van der Waals surface area contributed by atoms with Crippen LogP contribution in [0, 0.1) is 5.92 Å². The molecule has 2 aliphatic heterocycles. The second-order valence-corrected chi connectivity index (χ2v) is 4.85. The summed E-state index contributed by atoms with van der Waals surface area (Å²) in [7, 11) is 0. The van der Waals surface area contributed by atoms with Crippen molar-refractivity contribution in [1.82, 2.24) is 0 Å². The Morgan fingerprint density at radius 2 is 2.07 bits per heavy atom. The van der Waals surface area contributed by atoms with Crippen LogP contribution in [0.1, 0.15) is 25.7 Å². The molecule has 15 heavy (non-hydrogen) atoms. The molecule has 0 unspecified atom stereocenters. The molecule has 1 aliphatic carbocycles. The zero-order valence-corrected chi connectivity index (χ0v) is 9.04. The molecule has 1 spiro atoms. The van der Waals surface area contributed by atoms with Crippen LogP contribution < -0.4 is 0 Å². The molecule has 0 aromatic heterocycles. The molecule has 0 aromatic rings. The molecule has 0 amide bonds. The highest BCUT2D eigenvalue weighted by Gasteiger charge is 2.52. The molecule has 3 rings (SSSR count). The molecule has 3 aliphatic rings. The second kappa shape index (κ2) is 3.58. The summed E-state index contributed by atoms with van der Waals surface area (Å²) in [4.78, 5) is 0. The van der Waals surface area contributed by atoms with E-state index in [1.54, 1.807) is 0 Å². The molecule has 0 radical (unpaired) electrons. The van der Waals surface area contributed by atoms with Gasteiger partial charge in [-0.3, -0.25) is 0 Å². The Hall–Kier alpha value is -0.380.